The molecule has 1 heterocycles. The molecule has 0 saturated heterocycles. The lowest BCUT2D eigenvalue weighted by Crippen LogP contribution is -2.13. The van der Waals surface area contributed by atoms with Gasteiger partial charge in [0.25, 0.3) is 0 Å². The van der Waals surface area contributed by atoms with Gasteiger partial charge in [0.15, 0.2) is 0 Å². The summed E-state index contributed by atoms with van der Waals surface area (Å²) >= 11 is 1.20. The van der Waals surface area contributed by atoms with Crippen molar-refractivity contribution in [2.24, 2.45) is 0 Å². The Bertz CT molecular complexity index is 487. The normalized spacial score (nSPS) is 10.3. The van der Waals surface area contributed by atoms with Crippen LogP contribution in [0.3, 0.4) is 0 Å². The van der Waals surface area contributed by atoms with Crippen molar-refractivity contribution in [3.05, 3.63) is 51.1 Å². The Morgan fingerprint density at radius 2 is 2.14 bits per heavy atom. The Hall–Kier alpha value is -1.55. The topological polar surface area (TPSA) is 48.0 Å². The summed E-state index contributed by atoms with van der Waals surface area (Å²) < 4.78 is 1.65. The Balaban J connectivity index is 2.32. The number of rotatable bonds is 2. The minimum absolute atomic E-state index is 0.0493. The summed E-state index contributed by atoms with van der Waals surface area (Å²) in [5.74, 6) is 0. The minimum atomic E-state index is 0.0493. The quantitative estimate of drug-likeness (QED) is 0.758. The fraction of sp³-hybridized carbons (Fsp3) is 0.100. The van der Waals surface area contributed by atoms with E-state index in [1.165, 1.54) is 11.3 Å². The van der Waals surface area contributed by atoms with E-state index in [2.05, 4.69) is 0 Å². The van der Waals surface area contributed by atoms with Gasteiger partial charge in [-0.15, -0.1) is 0 Å². The van der Waals surface area contributed by atoms with Crippen molar-refractivity contribution in [1.82, 2.24) is 4.57 Å². The first-order chi connectivity index (χ1) is 6.77. The van der Waals surface area contributed by atoms with Crippen molar-refractivity contribution in [2.45, 2.75) is 6.54 Å². The van der Waals surface area contributed by atoms with Crippen LogP contribution in [0.1, 0.15) is 5.56 Å². The minimum Gasteiger partial charge on any atom is -0.398 e. The number of hydrogen-bond donors (Lipinski definition) is 1. The molecule has 0 aliphatic heterocycles. The third kappa shape index (κ3) is 1.70. The molecule has 72 valence electrons. The lowest BCUT2D eigenvalue weighted by molar-refractivity contribution is 0.786. The highest BCUT2D eigenvalue weighted by atomic mass is 32.1. The number of para-hydroxylation sites is 1. The van der Waals surface area contributed by atoms with Gasteiger partial charge >= 0.3 is 4.87 Å². The molecule has 4 heteroatoms. The van der Waals surface area contributed by atoms with Gasteiger partial charge in [-0.25, -0.2) is 0 Å². The SMILES string of the molecule is Nc1ccccc1Cn1ccsc1=O. The van der Waals surface area contributed by atoms with Gasteiger partial charge in [0.2, 0.25) is 0 Å². The first-order valence-corrected chi connectivity index (χ1v) is 5.12. The van der Waals surface area contributed by atoms with Crippen molar-refractivity contribution in [3.63, 3.8) is 0 Å². The molecule has 0 atom stereocenters. The Morgan fingerprint density at radius 1 is 1.36 bits per heavy atom. The van der Waals surface area contributed by atoms with Crippen molar-refractivity contribution in [3.8, 4) is 0 Å². The van der Waals surface area contributed by atoms with Gasteiger partial charge in [0.1, 0.15) is 0 Å². The van der Waals surface area contributed by atoms with E-state index < -0.39 is 0 Å². The zero-order chi connectivity index (χ0) is 9.97. The molecule has 0 fully saturated rings. The molecule has 0 bridgehead atoms. The molecule has 2 aromatic rings. The molecule has 0 amide bonds. The predicted molar refractivity (Wildman–Crippen MR) is 58.5 cm³/mol. The van der Waals surface area contributed by atoms with E-state index in [1.807, 2.05) is 24.3 Å². The second-order valence-electron chi connectivity index (χ2n) is 3.00. The molecular weight excluding hydrogens is 196 g/mol. The van der Waals surface area contributed by atoms with Gasteiger partial charge < -0.3 is 10.3 Å². The van der Waals surface area contributed by atoms with Crippen molar-refractivity contribution in [1.29, 1.82) is 0 Å². The molecule has 0 aliphatic rings. The first-order valence-electron chi connectivity index (χ1n) is 4.24. The summed E-state index contributed by atoms with van der Waals surface area (Å²) in [4.78, 5) is 11.3. The van der Waals surface area contributed by atoms with Crippen LogP contribution in [0.15, 0.2) is 40.6 Å². The lowest BCUT2D eigenvalue weighted by atomic mass is 10.2. The highest BCUT2D eigenvalue weighted by Crippen LogP contribution is 2.11. The Kier molecular flexibility index (Phi) is 2.37. The van der Waals surface area contributed by atoms with E-state index in [0.29, 0.717) is 6.54 Å². The molecule has 2 rings (SSSR count). The zero-order valence-electron chi connectivity index (χ0n) is 7.51. The summed E-state index contributed by atoms with van der Waals surface area (Å²) in [7, 11) is 0. The molecule has 1 aromatic heterocycles. The van der Waals surface area contributed by atoms with E-state index in [0.717, 1.165) is 11.3 Å². The number of thiazole rings is 1. The first kappa shape index (κ1) is 9.02. The highest BCUT2D eigenvalue weighted by molar-refractivity contribution is 7.07. The maximum absolute atomic E-state index is 11.3. The van der Waals surface area contributed by atoms with E-state index >= 15 is 0 Å². The molecule has 0 saturated carbocycles. The van der Waals surface area contributed by atoms with Crippen molar-refractivity contribution < 1.29 is 0 Å². The Labute approximate surface area is 85.4 Å². The molecule has 2 N–H and O–H groups in total. The fourth-order valence-corrected chi connectivity index (χ4v) is 1.85. The third-order valence-electron chi connectivity index (χ3n) is 2.04. The number of aromatic nitrogens is 1. The van der Waals surface area contributed by atoms with Crippen LogP contribution in [-0.4, -0.2) is 4.57 Å². The maximum atomic E-state index is 11.3. The second-order valence-corrected chi connectivity index (χ2v) is 3.85. The van der Waals surface area contributed by atoms with Crippen molar-refractivity contribution >= 4 is 17.0 Å². The third-order valence-corrected chi connectivity index (χ3v) is 2.73. The van der Waals surface area contributed by atoms with Gasteiger partial charge in [-0.1, -0.05) is 29.5 Å². The number of nitrogens with zero attached hydrogens (tertiary/aromatic N) is 1. The van der Waals surface area contributed by atoms with Crippen LogP contribution >= 0.6 is 11.3 Å². The standard InChI is InChI=1S/C10H10N2OS/c11-9-4-2-1-3-8(9)7-12-5-6-14-10(12)13/h1-6H,7,11H2. The van der Waals surface area contributed by atoms with E-state index in [-0.39, 0.29) is 4.87 Å². The molecule has 0 spiro atoms. The van der Waals surface area contributed by atoms with E-state index in [9.17, 15) is 4.79 Å². The van der Waals surface area contributed by atoms with Crippen molar-refractivity contribution in [2.75, 3.05) is 5.73 Å². The molecule has 0 aliphatic carbocycles. The predicted octanol–water partition coefficient (Wildman–Crippen LogP) is 1.54. The molecule has 1 aromatic carbocycles. The summed E-state index contributed by atoms with van der Waals surface area (Å²) in [5.41, 5.74) is 7.48. The summed E-state index contributed by atoms with van der Waals surface area (Å²) in [6.07, 6.45) is 1.78. The number of hydrogen-bond acceptors (Lipinski definition) is 3. The Morgan fingerprint density at radius 3 is 2.79 bits per heavy atom. The summed E-state index contributed by atoms with van der Waals surface area (Å²) in [6, 6.07) is 7.57. The van der Waals surface area contributed by atoms with Gasteiger partial charge in [-0.3, -0.25) is 4.79 Å². The second kappa shape index (κ2) is 3.67. The molecule has 0 unspecified atom stereocenters. The molecule has 3 nitrogen and oxygen atoms in total. The van der Waals surface area contributed by atoms with Crippen LogP contribution in [0, 0.1) is 0 Å². The fourth-order valence-electron chi connectivity index (χ4n) is 1.27. The van der Waals surface area contributed by atoms with Crippen LogP contribution in [0.5, 0.6) is 0 Å². The monoisotopic (exact) mass is 206 g/mol. The number of anilines is 1. The number of nitrogens with two attached hydrogens (primary N) is 1. The number of benzene rings is 1. The van der Waals surface area contributed by atoms with Gasteiger partial charge in [-0.05, 0) is 11.6 Å². The van der Waals surface area contributed by atoms with Crippen LogP contribution in [0.25, 0.3) is 0 Å². The molecule has 0 radical (unpaired) electrons. The summed E-state index contributed by atoms with van der Waals surface area (Å²) in [5, 5.41) is 1.78. The van der Waals surface area contributed by atoms with Gasteiger partial charge in [0, 0.05) is 17.3 Å². The highest BCUT2D eigenvalue weighted by Gasteiger charge is 2.00. The molecular formula is C10H10N2OS. The van der Waals surface area contributed by atoms with Crippen LogP contribution in [0.2, 0.25) is 0 Å². The number of nitrogen functional groups attached to an aromatic ring is 1. The van der Waals surface area contributed by atoms with E-state index in [1.54, 1.807) is 16.1 Å². The average Bonchev–Trinajstić information content (AvgIpc) is 2.56. The lowest BCUT2D eigenvalue weighted by Gasteiger charge is -2.04. The smallest absolute Gasteiger partial charge is 0.307 e. The summed E-state index contributed by atoms with van der Waals surface area (Å²) in [6.45, 7) is 0.551. The van der Waals surface area contributed by atoms with Crippen LogP contribution in [0.4, 0.5) is 5.69 Å². The van der Waals surface area contributed by atoms with Gasteiger partial charge in [-0.2, -0.15) is 0 Å². The average molecular weight is 206 g/mol. The largest absolute Gasteiger partial charge is 0.398 e. The molecule has 14 heavy (non-hydrogen) atoms. The maximum Gasteiger partial charge on any atom is 0.307 e. The van der Waals surface area contributed by atoms with Crippen LogP contribution in [-0.2, 0) is 6.54 Å². The van der Waals surface area contributed by atoms with Crippen LogP contribution < -0.4 is 10.6 Å². The van der Waals surface area contributed by atoms with E-state index in [4.69, 9.17) is 5.73 Å². The van der Waals surface area contributed by atoms with Gasteiger partial charge in [0.05, 0.1) is 6.54 Å². The zero-order valence-corrected chi connectivity index (χ0v) is 8.33.